The third-order valence-electron chi connectivity index (χ3n) is 4.66. The summed E-state index contributed by atoms with van der Waals surface area (Å²) in [5, 5.41) is 23.8. The predicted octanol–water partition coefficient (Wildman–Crippen LogP) is 3.02. The lowest BCUT2D eigenvalue weighted by Crippen LogP contribution is -2.44. The average Bonchev–Trinajstić information content (AvgIpc) is 3.34. The molecule has 0 aliphatic carbocycles. The van der Waals surface area contributed by atoms with E-state index in [1.165, 1.54) is 6.20 Å². The molecule has 0 aliphatic heterocycles. The first-order valence-corrected chi connectivity index (χ1v) is 9.90. The number of hydrogen-bond acceptors (Lipinski definition) is 5. The van der Waals surface area contributed by atoms with Gasteiger partial charge in [0.1, 0.15) is 17.6 Å². The van der Waals surface area contributed by atoms with Crippen LogP contribution in [-0.2, 0) is 6.54 Å². The van der Waals surface area contributed by atoms with Gasteiger partial charge in [-0.25, -0.2) is 4.98 Å². The molecule has 0 bridgehead atoms. The summed E-state index contributed by atoms with van der Waals surface area (Å²) < 4.78 is 1.74. The number of rotatable bonds is 7. The second-order valence-corrected chi connectivity index (χ2v) is 7.67. The lowest BCUT2D eigenvalue weighted by molar-refractivity contribution is 0.0530. The smallest absolute Gasteiger partial charge is 0.272 e. The van der Waals surface area contributed by atoms with Crippen molar-refractivity contribution in [1.82, 2.24) is 24.6 Å². The van der Waals surface area contributed by atoms with Crippen LogP contribution >= 0.6 is 11.6 Å². The van der Waals surface area contributed by atoms with E-state index in [4.69, 9.17) is 16.9 Å². The van der Waals surface area contributed by atoms with Gasteiger partial charge in [0, 0.05) is 24.3 Å². The van der Waals surface area contributed by atoms with Crippen LogP contribution in [0, 0.1) is 18.3 Å². The molecule has 0 saturated heterocycles. The van der Waals surface area contributed by atoms with E-state index in [0.717, 1.165) is 5.56 Å². The summed E-state index contributed by atoms with van der Waals surface area (Å²) in [6.45, 7) is 5.96. The fraction of sp³-hybridized carbons (Fsp3) is 0.333. The molecule has 2 heterocycles. The highest BCUT2D eigenvalue weighted by Crippen LogP contribution is 2.24. The zero-order valence-electron chi connectivity index (χ0n) is 17.0. The number of aryl methyl sites for hydroxylation is 1. The van der Waals surface area contributed by atoms with Crippen molar-refractivity contribution in [2.75, 3.05) is 6.54 Å². The SMILES string of the molecule is Cc1ncc(C(=O)N(C[C@H](C)O)[C@@H](C)Cn2ccc(-c3ccc(C#N)c(Cl)c3)n2)[nH]1. The fourth-order valence-corrected chi connectivity index (χ4v) is 3.41. The number of nitrogens with zero attached hydrogens (tertiary/aromatic N) is 5. The number of hydrogen-bond donors (Lipinski definition) is 2. The predicted molar refractivity (Wildman–Crippen MR) is 113 cm³/mol. The monoisotopic (exact) mass is 426 g/mol. The maximum Gasteiger partial charge on any atom is 0.272 e. The minimum Gasteiger partial charge on any atom is -0.392 e. The molecule has 1 aromatic carbocycles. The van der Waals surface area contributed by atoms with E-state index >= 15 is 0 Å². The van der Waals surface area contributed by atoms with E-state index < -0.39 is 6.10 Å². The summed E-state index contributed by atoms with van der Waals surface area (Å²) in [5.74, 6) is 0.427. The number of imidazole rings is 1. The highest BCUT2D eigenvalue weighted by Gasteiger charge is 2.25. The van der Waals surface area contributed by atoms with Gasteiger partial charge in [-0.1, -0.05) is 17.7 Å². The number of carbonyl (C=O) groups is 1. The molecule has 2 aromatic heterocycles. The van der Waals surface area contributed by atoms with Crippen LogP contribution in [0.1, 0.15) is 35.7 Å². The molecule has 9 heteroatoms. The zero-order valence-corrected chi connectivity index (χ0v) is 17.8. The lowest BCUT2D eigenvalue weighted by atomic mass is 10.1. The highest BCUT2D eigenvalue weighted by atomic mass is 35.5. The van der Waals surface area contributed by atoms with Gasteiger partial charge < -0.3 is 15.0 Å². The second kappa shape index (κ2) is 9.11. The molecule has 0 unspecified atom stereocenters. The average molecular weight is 427 g/mol. The van der Waals surface area contributed by atoms with Crippen LogP contribution < -0.4 is 0 Å². The van der Waals surface area contributed by atoms with Crippen molar-refractivity contribution in [3.63, 3.8) is 0 Å². The summed E-state index contributed by atoms with van der Waals surface area (Å²) >= 11 is 6.12. The first kappa shape index (κ1) is 21.6. The van der Waals surface area contributed by atoms with Crippen molar-refractivity contribution in [2.45, 2.75) is 39.5 Å². The van der Waals surface area contributed by atoms with E-state index in [9.17, 15) is 9.90 Å². The summed E-state index contributed by atoms with van der Waals surface area (Å²) in [7, 11) is 0. The van der Waals surface area contributed by atoms with Gasteiger partial charge in [0.25, 0.3) is 5.91 Å². The zero-order chi connectivity index (χ0) is 21.8. The van der Waals surface area contributed by atoms with Gasteiger partial charge in [0.15, 0.2) is 0 Å². The number of aliphatic hydroxyl groups is 1. The van der Waals surface area contributed by atoms with E-state index in [-0.39, 0.29) is 18.5 Å². The number of aliphatic hydroxyl groups excluding tert-OH is 1. The molecule has 30 heavy (non-hydrogen) atoms. The third kappa shape index (κ3) is 4.87. The summed E-state index contributed by atoms with van der Waals surface area (Å²) in [5.41, 5.74) is 2.31. The molecule has 2 N–H and O–H groups in total. The molecule has 0 radical (unpaired) electrons. The maximum atomic E-state index is 12.9. The van der Waals surface area contributed by atoms with Crippen molar-refractivity contribution in [3.05, 3.63) is 58.8 Å². The molecular weight excluding hydrogens is 404 g/mol. The van der Waals surface area contributed by atoms with Crippen LogP contribution in [0.15, 0.2) is 36.7 Å². The molecule has 0 aliphatic rings. The van der Waals surface area contributed by atoms with Gasteiger partial charge in [-0.2, -0.15) is 10.4 Å². The Balaban J connectivity index is 1.77. The first-order valence-electron chi connectivity index (χ1n) is 9.52. The molecule has 3 aromatic rings. The lowest BCUT2D eigenvalue weighted by Gasteiger charge is -2.30. The van der Waals surface area contributed by atoms with Crippen LogP contribution in [0.2, 0.25) is 5.02 Å². The standard InChI is InChI=1S/C21H23ClN6O2/c1-13(28(12-14(2)29)21(30)20-10-24-15(3)25-20)11-27-7-6-19(26-27)16-4-5-17(9-23)18(22)8-16/h4-8,10,13-14,29H,11-12H2,1-3H3,(H,24,25)/t13-,14-/m0/s1. The molecule has 2 atom stereocenters. The minimum absolute atomic E-state index is 0.192. The normalized spacial score (nSPS) is 12.9. The minimum atomic E-state index is -0.672. The van der Waals surface area contributed by atoms with Crippen LogP contribution in [0.5, 0.6) is 0 Å². The molecule has 0 spiro atoms. The van der Waals surface area contributed by atoms with E-state index in [1.54, 1.807) is 41.6 Å². The third-order valence-corrected chi connectivity index (χ3v) is 4.98. The maximum absolute atomic E-state index is 12.9. The number of carbonyl (C=O) groups excluding carboxylic acids is 1. The van der Waals surface area contributed by atoms with E-state index in [0.29, 0.717) is 34.3 Å². The van der Waals surface area contributed by atoms with Gasteiger partial charge in [-0.15, -0.1) is 0 Å². The van der Waals surface area contributed by atoms with Gasteiger partial charge in [0.2, 0.25) is 0 Å². The molecule has 0 saturated carbocycles. The van der Waals surface area contributed by atoms with Crippen molar-refractivity contribution >= 4 is 17.5 Å². The number of benzene rings is 1. The summed E-state index contributed by atoms with van der Waals surface area (Å²) in [6.07, 6.45) is 2.65. The molecule has 156 valence electrons. The summed E-state index contributed by atoms with van der Waals surface area (Å²) in [6, 6.07) is 8.82. The highest BCUT2D eigenvalue weighted by molar-refractivity contribution is 6.32. The van der Waals surface area contributed by atoms with Gasteiger partial charge in [0.05, 0.1) is 35.1 Å². The van der Waals surface area contributed by atoms with Crippen molar-refractivity contribution in [1.29, 1.82) is 5.26 Å². The Hall–Kier alpha value is -3.15. The van der Waals surface area contributed by atoms with Crippen molar-refractivity contribution < 1.29 is 9.90 Å². The molecular formula is C21H23ClN6O2. The number of H-pyrrole nitrogens is 1. The molecule has 3 rings (SSSR count). The number of nitriles is 1. The second-order valence-electron chi connectivity index (χ2n) is 7.27. The Morgan fingerprint density at radius 1 is 1.40 bits per heavy atom. The first-order chi connectivity index (χ1) is 14.3. The van der Waals surface area contributed by atoms with Crippen LogP contribution in [0.4, 0.5) is 0 Å². The van der Waals surface area contributed by atoms with Crippen LogP contribution in [0.25, 0.3) is 11.3 Å². The number of aromatic nitrogens is 4. The van der Waals surface area contributed by atoms with Crippen molar-refractivity contribution in [3.8, 4) is 17.3 Å². The number of nitrogens with one attached hydrogen (secondary N) is 1. The van der Waals surface area contributed by atoms with Crippen LogP contribution in [0.3, 0.4) is 0 Å². The van der Waals surface area contributed by atoms with E-state index in [2.05, 4.69) is 15.1 Å². The Morgan fingerprint density at radius 2 is 2.17 bits per heavy atom. The van der Waals surface area contributed by atoms with Crippen LogP contribution in [-0.4, -0.2) is 54.4 Å². The Bertz CT molecular complexity index is 1080. The summed E-state index contributed by atoms with van der Waals surface area (Å²) in [4.78, 5) is 21.6. The molecule has 0 fully saturated rings. The van der Waals surface area contributed by atoms with Gasteiger partial charge in [-0.3, -0.25) is 9.48 Å². The van der Waals surface area contributed by atoms with Crippen molar-refractivity contribution in [2.24, 2.45) is 0 Å². The van der Waals surface area contributed by atoms with E-state index in [1.807, 2.05) is 25.3 Å². The Kier molecular flexibility index (Phi) is 6.55. The number of halogens is 1. The topological polar surface area (TPSA) is 111 Å². The number of amides is 1. The molecule has 1 amide bonds. The Morgan fingerprint density at radius 3 is 2.77 bits per heavy atom. The Labute approximate surface area is 179 Å². The fourth-order valence-electron chi connectivity index (χ4n) is 3.18. The number of aromatic amines is 1. The largest absolute Gasteiger partial charge is 0.392 e. The van der Waals surface area contributed by atoms with Gasteiger partial charge in [-0.05, 0) is 39.0 Å². The van der Waals surface area contributed by atoms with Gasteiger partial charge >= 0.3 is 0 Å². The molecule has 8 nitrogen and oxygen atoms in total. The quantitative estimate of drug-likeness (QED) is 0.603.